The van der Waals surface area contributed by atoms with Crippen LogP contribution in [-0.2, 0) is 6.54 Å². The fourth-order valence-corrected chi connectivity index (χ4v) is 2.19. The highest BCUT2D eigenvalue weighted by Crippen LogP contribution is 2.20. The van der Waals surface area contributed by atoms with E-state index in [1.165, 1.54) is 12.1 Å². The van der Waals surface area contributed by atoms with E-state index >= 15 is 0 Å². The highest BCUT2D eigenvalue weighted by Gasteiger charge is 2.16. The lowest BCUT2D eigenvalue weighted by atomic mass is 10.1. The quantitative estimate of drug-likeness (QED) is 0.652. The number of hydrogen-bond acceptors (Lipinski definition) is 3. The van der Waals surface area contributed by atoms with Crippen molar-refractivity contribution in [2.75, 3.05) is 13.1 Å². The fourth-order valence-electron chi connectivity index (χ4n) is 1.96. The summed E-state index contributed by atoms with van der Waals surface area (Å²) >= 11 is 5.97. The van der Waals surface area contributed by atoms with Gasteiger partial charge in [-0.2, -0.15) is 0 Å². The van der Waals surface area contributed by atoms with Gasteiger partial charge in [-0.3, -0.25) is 4.90 Å². The summed E-state index contributed by atoms with van der Waals surface area (Å²) in [7, 11) is 0. The van der Waals surface area contributed by atoms with Crippen molar-refractivity contribution in [1.82, 2.24) is 4.90 Å². The van der Waals surface area contributed by atoms with Gasteiger partial charge >= 0.3 is 0 Å². The van der Waals surface area contributed by atoms with Crippen LogP contribution in [0.25, 0.3) is 0 Å². The van der Waals surface area contributed by atoms with Crippen LogP contribution in [0.4, 0.5) is 4.39 Å². The Morgan fingerprint density at radius 3 is 2.65 bits per heavy atom. The molecule has 2 rings (SSSR count). The van der Waals surface area contributed by atoms with Gasteiger partial charge in [0.1, 0.15) is 5.82 Å². The third-order valence-electron chi connectivity index (χ3n) is 2.98. The molecule has 0 bridgehead atoms. The standard InChI is InChI=1S/C12H14ClFN2O/c13-12-7-10(14)2-1-9(12)8-16-5-3-11(15-17)4-6-16/h1-2,7,17H,3-6,8H2. The van der Waals surface area contributed by atoms with Gasteiger partial charge in [0.05, 0.1) is 5.71 Å². The van der Waals surface area contributed by atoms with Crippen LogP contribution < -0.4 is 0 Å². The molecule has 1 heterocycles. The molecule has 1 aromatic carbocycles. The number of oxime groups is 1. The van der Waals surface area contributed by atoms with Gasteiger partial charge in [0, 0.05) is 37.5 Å². The molecule has 1 aliphatic heterocycles. The Morgan fingerprint density at radius 1 is 1.35 bits per heavy atom. The van der Waals surface area contributed by atoms with E-state index in [0.717, 1.165) is 37.2 Å². The highest BCUT2D eigenvalue weighted by molar-refractivity contribution is 6.31. The molecule has 0 aliphatic carbocycles. The van der Waals surface area contributed by atoms with E-state index in [9.17, 15) is 4.39 Å². The molecule has 0 amide bonds. The SMILES string of the molecule is ON=C1CCN(Cc2ccc(F)cc2Cl)CC1. The third kappa shape index (κ3) is 3.17. The average Bonchev–Trinajstić information content (AvgIpc) is 2.34. The van der Waals surface area contributed by atoms with Crippen molar-refractivity contribution in [3.05, 3.63) is 34.6 Å². The molecule has 0 aromatic heterocycles. The molecule has 0 atom stereocenters. The summed E-state index contributed by atoms with van der Waals surface area (Å²) in [6.45, 7) is 2.39. The van der Waals surface area contributed by atoms with Gasteiger partial charge in [-0.25, -0.2) is 4.39 Å². The second kappa shape index (κ2) is 5.47. The molecule has 0 unspecified atom stereocenters. The Morgan fingerprint density at radius 2 is 2.06 bits per heavy atom. The smallest absolute Gasteiger partial charge is 0.124 e. The first-order valence-corrected chi connectivity index (χ1v) is 5.93. The van der Waals surface area contributed by atoms with E-state index in [0.29, 0.717) is 11.6 Å². The van der Waals surface area contributed by atoms with E-state index in [1.54, 1.807) is 6.07 Å². The largest absolute Gasteiger partial charge is 0.411 e. The summed E-state index contributed by atoms with van der Waals surface area (Å²) in [4.78, 5) is 2.22. The first-order valence-electron chi connectivity index (χ1n) is 5.55. The number of nitrogens with zero attached hydrogens (tertiary/aromatic N) is 2. The van der Waals surface area contributed by atoms with E-state index in [2.05, 4.69) is 10.1 Å². The maximum absolute atomic E-state index is 12.9. The molecule has 5 heteroatoms. The molecule has 1 fully saturated rings. The van der Waals surface area contributed by atoms with Gasteiger partial charge in [0.15, 0.2) is 0 Å². The van der Waals surface area contributed by atoms with Crippen molar-refractivity contribution in [2.24, 2.45) is 5.16 Å². The predicted molar refractivity (Wildman–Crippen MR) is 65.1 cm³/mol. The maximum atomic E-state index is 12.9. The normalized spacial score (nSPS) is 17.2. The summed E-state index contributed by atoms with van der Waals surface area (Å²) in [6.07, 6.45) is 1.55. The number of halogens is 2. The van der Waals surface area contributed by atoms with Crippen molar-refractivity contribution < 1.29 is 9.60 Å². The molecule has 3 nitrogen and oxygen atoms in total. The zero-order chi connectivity index (χ0) is 12.3. The first kappa shape index (κ1) is 12.3. The van der Waals surface area contributed by atoms with Gasteiger partial charge in [-0.15, -0.1) is 0 Å². The third-order valence-corrected chi connectivity index (χ3v) is 3.34. The van der Waals surface area contributed by atoms with E-state index in [1.807, 2.05) is 0 Å². The van der Waals surface area contributed by atoms with Crippen LogP contribution in [0.15, 0.2) is 23.4 Å². The molecule has 0 radical (unpaired) electrons. The molecule has 0 spiro atoms. The van der Waals surface area contributed by atoms with Crippen LogP contribution in [0.3, 0.4) is 0 Å². The zero-order valence-electron chi connectivity index (χ0n) is 9.37. The van der Waals surface area contributed by atoms with Gasteiger partial charge in [-0.1, -0.05) is 22.8 Å². The van der Waals surface area contributed by atoms with Crippen molar-refractivity contribution in [1.29, 1.82) is 0 Å². The molecule has 92 valence electrons. The number of piperidine rings is 1. The molecule has 17 heavy (non-hydrogen) atoms. The molecule has 1 aliphatic rings. The Bertz CT molecular complexity index is 427. The Balaban J connectivity index is 1.98. The minimum Gasteiger partial charge on any atom is -0.411 e. The van der Waals surface area contributed by atoms with Crippen molar-refractivity contribution >= 4 is 17.3 Å². The molecule has 1 aromatic rings. The number of hydrogen-bond donors (Lipinski definition) is 1. The summed E-state index contributed by atoms with van der Waals surface area (Å²) < 4.78 is 12.9. The van der Waals surface area contributed by atoms with Crippen LogP contribution in [0, 0.1) is 5.82 Å². The summed E-state index contributed by atoms with van der Waals surface area (Å²) in [5.74, 6) is -0.313. The lowest BCUT2D eigenvalue weighted by molar-refractivity contribution is 0.256. The number of rotatable bonds is 2. The van der Waals surface area contributed by atoms with E-state index in [-0.39, 0.29) is 5.82 Å². The van der Waals surface area contributed by atoms with Crippen molar-refractivity contribution in [3.8, 4) is 0 Å². The highest BCUT2D eigenvalue weighted by atomic mass is 35.5. The van der Waals surface area contributed by atoms with Gasteiger partial charge < -0.3 is 5.21 Å². The summed E-state index contributed by atoms with van der Waals surface area (Å²) in [6, 6.07) is 4.47. The number of likely N-dealkylation sites (tertiary alicyclic amines) is 1. The molecular formula is C12H14ClFN2O. The lowest BCUT2D eigenvalue weighted by Crippen LogP contribution is -2.33. The zero-order valence-corrected chi connectivity index (χ0v) is 10.1. The second-order valence-electron chi connectivity index (χ2n) is 4.18. The maximum Gasteiger partial charge on any atom is 0.124 e. The van der Waals surface area contributed by atoms with E-state index in [4.69, 9.17) is 16.8 Å². The Kier molecular flexibility index (Phi) is 3.97. The van der Waals surface area contributed by atoms with Crippen molar-refractivity contribution in [3.63, 3.8) is 0 Å². The van der Waals surface area contributed by atoms with E-state index < -0.39 is 0 Å². The molecule has 1 N–H and O–H groups in total. The van der Waals surface area contributed by atoms with Crippen LogP contribution in [0.2, 0.25) is 5.02 Å². The fraction of sp³-hybridized carbons (Fsp3) is 0.417. The topological polar surface area (TPSA) is 35.8 Å². The second-order valence-corrected chi connectivity index (χ2v) is 4.59. The molecule has 0 saturated carbocycles. The van der Waals surface area contributed by atoms with Gasteiger partial charge in [0.2, 0.25) is 0 Å². The minimum atomic E-state index is -0.313. The Hall–Kier alpha value is -1.13. The minimum absolute atomic E-state index is 0.313. The predicted octanol–water partition coefficient (Wildman–Crippen LogP) is 2.91. The van der Waals surface area contributed by atoms with Crippen molar-refractivity contribution in [2.45, 2.75) is 19.4 Å². The van der Waals surface area contributed by atoms with Crippen LogP contribution >= 0.6 is 11.6 Å². The van der Waals surface area contributed by atoms with Gasteiger partial charge in [-0.05, 0) is 17.7 Å². The van der Waals surface area contributed by atoms with Gasteiger partial charge in [0.25, 0.3) is 0 Å². The van der Waals surface area contributed by atoms with Crippen LogP contribution in [-0.4, -0.2) is 28.9 Å². The first-order chi connectivity index (χ1) is 8.19. The molecular weight excluding hydrogens is 243 g/mol. The Labute approximate surface area is 104 Å². The number of benzene rings is 1. The lowest BCUT2D eigenvalue weighted by Gasteiger charge is -2.27. The average molecular weight is 257 g/mol. The van der Waals surface area contributed by atoms with Crippen LogP contribution in [0.5, 0.6) is 0 Å². The summed E-state index contributed by atoms with van der Waals surface area (Å²) in [5.41, 5.74) is 1.77. The molecule has 1 saturated heterocycles. The van der Waals surface area contributed by atoms with Crippen LogP contribution in [0.1, 0.15) is 18.4 Å². The monoisotopic (exact) mass is 256 g/mol. The summed E-state index contributed by atoms with van der Waals surface area (Å²) in [5, 5.41) is 12.3.